The molecular weight excluding hydrogens is 354 g/mol. The minimum atomic E-state index is -1.23. The van der Waals surface area contributed by atoms with Gasteiger partial charge >= 0.3 is 5.16 Å². The van der Waals surface area contributed by atoms with Crippen molar-refractivity contribution in [3.8, 4) is 0 Å². The van der Waals surface area contributed by atoms with Gasteiger partial charge in [-0.2, -0.15) is 9.97 Å². The number of halogens is 1. The average Bonchev–Trinajstić information content (AvgIpc) is 2.57. The highest BCUT2D eigenvalue weighted by atomic mass is 79.9. The molecule has 0 N–H and O–H groups in total. The summed E-state index contributed by atoms with van der Waals surface area (Å²) >= 11 is 2.09. The van der Waals surface area contributed by atoms with Crippen LogP contribution in [0, 0.1) is 0 Å². The van der Waals surface area contributed by atoms with Gasteiger partial charge in [0.2, 0.25) is 0 Å². The van der Waals surface area contributed by atoms with Crippen LogP contribution in [0.1, 0.15) is 39.2 Å². The number of fused-ring (bicyclic) bond motifs is 3. The standard InChI is InChI=1S/C13H12BrN3O2S.CH4/c14-8-5-7-6-15-13-16-11(7)17(12(8)18)9-3-1-2-4-10(9)20(13)19;/h5-6,9-10H,1-4H2;1H4. The lowest BCUT2D eigenvalue weighted by Crippen LogP contribution is -2.38. The molecule has 7 heteroatoms. The first-order valence-electron chi connectivity index (χ1n) is 6.65. The second-order valence-electron chi connectivity index (χ2n) is 5.29. The predicted molar refractivity (Wildman–Crippen MR) is 85.9 cm³/mol. The molecule has 2 aromatic heterocycles. The fourth-order valence-electron chi connectivity index (χ4n) is 3.23. The molecule has 0 amide bonds. The fourth-order valence-corrected chi connectivity index (χ4v) is 5.20. The Labute approximate surface area is 134 Å². The SMILES string of the molecule is C.O=c1c(Br)cc2cnc3nc2n1C1CCCCC1[S+]3[O-]. The van der Waals surface area contributed by atoms with E-state index in [0.29, 0.717) is 15.3 Å². The third kappa shape index (κ3) is 2.13. The van der Waals surface area contributed by atoms with Crippen molar-refractivity contribution in [2.45, 2.75) is 49.6 Å². The molecule has 0 radical (unpaired) electrons. The largest absolute Gasteiger partial charge is 0.609 e. The average molecular weight is 370 g/mol. The Morgan fingerprint density at radius 1 is 1.38 bits per heavy atom. The van der Waals surface area contributed by atoms with Crippen LogP contribution in [0.3, 0.4) is 0 Å². The van der Waals surface area contributed by atoms with Gasteiger partial charge in [-0.15, -0.1) is 0 Å². The molecule has 3 atom stereocenters. The molecule has 0 spiro atoms. The molecule has 0 saturated heterocycles. The number of hydrogen-bond donors (Lipinski definition) is 0. The van der Waals surface area contributed by atoms with Crippen molar-refractivity contribution in [2.75, 3.05) is 0 Å². The highest BCUT2D eigenvalue weighted by Crippen LogP contribution is 2.38. The second-order valence-corrected chi connectivity index (χ2v) is 7.71. The van der Waals surface area contributed by atoms with Crippen molar-refractivity contribution in [2.24, 2.45) is 0 Å². The Hall–Kier alpha value is -0.920. The second kappa shape index (κ2) is 5.37. The molecule has 2 bridgehead atoms. The number of aromatic nitrogens is 3. The van der Waals surface area contributed by atoms with Gasteiger partial charge in [0.25, 0.3) is 5.56 Å². The van der Waals surface area contributed by atoms with Gasteiger partial charge < -0.3 is 4.55 Å². The summed E-state index contributed by atoms with van der Waals surface area (Å²) in [5, 5.41) is 1.12. The van der Waals surface area contributed by atoms with Crippen LogP contribution in [0.25, 0.3) is 11.0 Å². The lowest BCUT2D eigenvalue weighted by molar-refractivity contribution is 0.353. The molecule has 1 aliphatic heterocycles. The summed E-state index contributed by atoms with van der Waals surface area (Å²) in [4.78, 5) is 21.1. The quantitative estimate of drug-likeness (QED) is 0.528. The molecule has 1 fully saturated rings. The number of hydrogen-bond acceptors (Lipinski definition) is 4. The number of pyridine rings is 1. The maximum atomic E-state index is 12.6. The van der Waals surface area contributed by atoms with E-state index in [1.165, 1.54) is 0 Å². The first-order chi connectivity index (χ1) is 9.66. The molecule has 112 valence electrons. The van der Waals surface area contributed by atoms with Gasteiger partial charge in [-0.05, 0) is 41.3 Å². The zero-order valence-corrected chi connectivity index (χ0v) is 13.0. The monoisotopic (exact) mass is 369 g/mol. The minimum Gasteiger partial charge on any atom is -0.609 e. The molecule has 21 heavy (non-hydrogen) atoms. The third-order valence-corrected chi connectivity index (χ3v) is 6.39. The number of rotatable bonds is 0. The molecule has 2 aromatic rings. The zero-order chi connectivity index (χ0) is 13.9. The van der Waals surface area contributed by atoms with Crippen LogP contribution in [0.4, 0.5) is 0 Å². The van der Waals surface area contributed by atoms with Crippen LogP contribution in [0.15, 0.2) is 26.7 Å². The third-order valence-electron chi connectivity index (χ3n) is 4.16. The van der Waals surface area contributed by atoms with Crippen LogP contribution < -0.4 is 5.56 Å². The van der Waals surface area contributed by atoms with Gasteiger partial charge in [0.1, 0.15) is 5.25 Å². The molecule has 0 aromatic carbocycles. The summed E-state index contributed by atoms with van der Waals surface area (Å²) in [6.45, 7) is 0. The Morgan fingerprint density at radius 3 is 2.95 bits per heavy atom. The highest BCUT2D eigenvalue weighted by molar-refractivity contribution is 9.10. The van der Waals surface area contributed by atoms with Crippen molar-refractivity contribution in [3.05, 3.63) is 27.1 Å². The van der Waals surface area contributed by atoms with E-state index in [0.717, 1.165) is 31.1 Å². The maximum absolute atomic E-state index is 12.6. The van der Waals surface area contributed by atoms with Crippen LogP contribution in [-0.2, 0) is 11.2 Å². The molecule has 2 aliphatic rings. The summed E-state index contributed by atoms with van der Waals surface area (Å²) in [6.07, 6.45) is 5.51. The van der Waals surface area contributed by atoms with Gasteiger partial charge in [-0.25, -0.2) is 0 Å². The fraction of sp³-hybridized carbons (Fsp3) is 0.500. The van der Waals surface area contributed by atoms with Crippen LogP contribution in [-0.4, -0.2) is 24.3 Å². The van der Waals surface area contributed by atoms with E-state index >= 15 is 0 Å². The van der Waals surface area contributed by atoms with E-state index in [2.05, 4.69) is 25.9 Å². The summed E-state index contributed by atoms with van der Waals surface area (Å²) in [6, 6.07) is 1.70. The first kappa shape index (κ1) is 15.0. The van der Waals surface area contributed by atoms with Gasteiger partial charge in [0, 0.05) is 22.8 Å². The molecule has 3 unspecified atom stereocenters. The molecule has 3 heterocycles. The van der Waals surface area contributed by atoms with Crippen LogP contribution in [0.5, 0.6) is 0 Å². The van der Waals surface area contributed by atoms with E-state index < -0.39 is 11.2 Å². The van der Waals surface area contributed by atoms with Gasteiger partial charge in [0.15, 0.2) is 5.65 Å². The normalized spacial score (nSPS) is 27.0. The van der Waals surface area contributed by atoms with Crippen molar-refractivity contribution < 1.29 is 4.55 Å². The summed E-state index contributed by atoms with van der Waals surface area (Å²) < 4.78 is 14.9. The summed E-state index contributed by atoms with van der Waals surface area (Å²) in [5.41, 5.74) is 0.531. The summed E-state index contributed by atoms with van der Waals surface area (Å²) in [5.74, 6) is 0. The summed E-state index contributed by atoms with van der Waals surface area (Å²) in [7, 11) is 0. The van der Waals surface area contributed by atoms with Gasteiger partial charge in [0.05, 0.1) is 10.5 Å². The zero-order valence-electron chi connectivity index (χ0n) is 10.6. The van der Waals surface area contributed by atoms with Crippen molar-refractivity contribution in [1.29, 1.82) is 0 Å². The van der Waals surface area contributed by atoms with E-state index in [4.69, 9.17) is 0 Å². The first-order valence-corrected chi connectivity index (χ1v) is 8.66. The predicted octanol–water partition coefficient (Wildman–Crippen LogP) is 2.80. The van der Waals surface area contributed by atoms with E-state index in [9.17, 15) is 9.35 Å². The maximum Gasteiger partial charge on any atom is 0.345 e. The Kier molecular flexibility index (Phi) is 3.83. The molecule has 1 saturated carbocycles. The van der Waals surface area contributed by atoms with Crippen molar-refractivity contribution in [3.63, 3.8) is 0 Å². The van der Waals surface area contributed by atoms with E-state index in [1.807, 2.05) is 0 Å². The van der Waals surface area contributed by atoms with Crippen LogP contribution in [0.2, 0.25) is 0 Å². The molecule has 1 aliphatic carbocycles. The van der Waals surface area contributed by atoms with Crippen molar-refractivity contribution in [1.82, 2.24) is 14.5 Å². The van der Waals surface area contributed by atoms with Gasteiger partial charge in [-0.3, -0.25) is 9.36 Å². The van der Waals surface area contributed by atoms with E-state index in [-0.39, 0.29) is 24.3 Å². The van der Waals surface area contributed by atoms with E-state index in [1.54, 1.807) is 16.8 Å². The number of nitrogens with zero attached hydrogens (tertiary/aromatic N) is 3. The Morgan fingerprint density at radius 2 is 2.14 bits per heavy atom. The molecule has 4 rings (SSSR count). The van der Waals surface area contributed by atoms with Crippen molar-refractivity contribution >= 4 is 38.1 Å². The molecule has 5 nitrogen and oxygen atoms in total. The minimum absolute atomic E-state index is 0. The lowest BCUT2D eigenvalue weighted by atomic mass is 9.94. The highest BCUT2D eigenvalue weighted by Gasteiger charge is 2.41. The smallest absolute Gasteiger partial charge is 0.345 e. The molecular formula is C14H16BrN3O2S. The van der Waals surface area contributed by atoms with Gasteiger partial charge in [-0.1, -0.05) is 13.8 Å². The Balaban J connectivity index is 0.00000132. The Bertz CT molecular complexity index is 764. The topological polar surface area (TPSA) is 70.8 Å². The lowest BCUT2D eigenvalue weighted by Gasteiger charge is -2.30. The van der Waals surface area contributed by atoms with Crippen LogP contribution >= 0.6 is 15.9 Å².